The van der Waals surface area contributed by atoms with Crippen LogP contribution in [0.2, 0.25) is 0 Å². The van der Waals surface area contributed by atoms with Gasteiger partial charge in [0.25, 0.3) is 5.91 Å². The summed E-state index contributed by atoms with van der Waals surface area (Å²) >= 11 is 1.66. The average Bonchev–Trinajstić information content (AvgIpc) is 3.07. The van der Waals surface area contributed by atoms with E-state index in [1.165, 1.54) is 5.56 Å². The third kappa shape index (κ3) is 3.69. The number of hydrogen-bond donors (Lipinski definition) is 1. The predicted molar refractivity (Wildman–Crippen MR) is 96.0 cm³/mol. The van der Waals surface area contributed by atoms with Crippen molar-refractivity contribution in [2.45, 2.75) is 19.9 Å². The highest BCUT2D eigenvalue weighted by atomic mass is 32.1. The Morgan fingerprint density at radius 2 is 1.74 bits per heavy atom. The molecule has 0 bridgehead atoms. The van der Waals surface area contributed by atoms with E-state index in [0.717, 1.165) is 16.0 Å². The van der Waals surface area contributed by atoms with E-state index in [1.807, 2.05) is 42.6 Å². The molecule has 0 aliphatic carbocycles. The standard InChI is InChI=1S/C20H19NOS/c1-14-8-10-16(11-9-14)19(18-7-4-12-23-18)21-20(22)17-6-3-5-15(2)13-17/h3-13,19H,1-2H3,(H,21,22)/t19-/m1/s1. The molecule has 1 amide bonds. The van der Waals surface area contributed by atoms with Gasteiger partial charge in [-0.05, 0) is 43.0 Å². The topological polar surface area (TPSA) is 29.1 Å². The molecule has 0 aliphatic heterocycles. The van der Waals surface area contributed by atoms with E-state index in [9.17, 15) is 4.79 Å². The van der Waals surface area contributed by atoms with Crippen molar-refractivity contribution >= 4 is 17.2 Å². The van der Waals surface area contributed by atoms with Crippen molar-refractivity contribution in [2.75, 3.05) is 0 Å². The highest BCUT2D eigenvalue weighted by Crippen LogP contribution is 2.26. The molecule has 2 nitrogen and oxygen atoms in total. The summed E-state index contributed by atoms with van der Waals surface area (Å²) in [6, 6.07) is 19.9. The number of carbonyl (C=O) groups excluding carboxylic acids is 1. The fourth-order valence-corrected chi connectivity index (χ4v) is 3.34. The molecule has 0 saturated carbocycles. The number of rotatable bonds is 4. The average molecular weight is 321 g/mol. The molecule has 3 rings (SSSR count). The fourth-order valence-electron chi connectivity index (χ4n) is 2.53. The van der Waals surface area contributed by atoms with Crippen molar-refractivity contribution in [3.63, 3.8) is 0 Å². The van der Waals surface area contributed by atoms with Crippen LogP contribution in [0.25, 0.3) is 0 Å². The number of carbonyl (C=O) groups is 1. The Balaban J connectivity index is 1.90. The van der Waals surface area contributed by atoms with Crippen LogP contribution in [-0.4, -0.2) is 5.91 Å². The molecule has 1 heterocycles. The minimum absolute atomic E-state index is 0.0484. The second kappa shape index (κ2) is 6.80. The highest BCUT2D eigenvalue weighted by molar-refractivity contribution is 7.10. The summed E-state index contributed by atoms with van der Waals surface area (Å²) in [5.41, 5.74) is 4.09. The Kier molecular flexibility index (Phi) is 4.58. The molecule has 2 aromatic carbocycles. The lowest BCUT2D eigenvalue weighted by molar-refractivity contribution is 0.0943. The monoisotopic (exact) mass is 321 g/mol. The van der Waals surface area contributed by atoms with Crippen LogP contribution in [-0.2, 0) is 0 Å². The Labute approximate surface area is 140 Å². The van der Waals surface area contributed by atoms with E-state index in [0.29, 0.717) is 5.56 Å². The first kappa shape index (κ1) is 15.5. The van der Waals surface area contributed by atoms with Crippen molar-refractivity contribution in [3.8, 4) is 0 Å². The van der Waals surface area contributed by atoms with Crippen molar-refractivity contribution in [3.05, 3.63) is 93.2 Å². The van der Waals surface area contributed by atoms with Crippen molar-refractivity contribution < 1.29 is 4.79 Å². The van der Waals surface area contributed by atoms with Crippen LogP contribution in [0.1, 0.15) is 38.0 Å². The molecular formula is C20H19NOS. The zero-order valence-corrected chi connectivity index (χ0v) is 14.1. The Hall–Kier alpha value is -2.39. The SMILES string of the molecule is Cc1ccc([C@@H](NC(=O)c2cccc(C)c2)c2cccs2)cc1. The van der Waals surface area contributed by atoms with E-state index < -0.39 is 0 Å². The van der Waals surface area contributed by atoms with Crippen LogP contribution in [0.5, 0.6) is 0 Å². The summed E-state index contributed by atoms with van der Waals surface area (Å²) in [6.07, 6.45) is 0. The lowest BCUT2D eigenvalue weighted by Crippen LogP contribution is -2.28. The van der Waals surface area contributed by atoms with E-state index in [-0.39, 0.29) is 11.9 Å². The van der Waals surface area contributed by atoms with Crippen LogP contribution >= 0.6 is 11.3 Å². The number of benzene rings is 2. The molecule has 116 valence electrons. The normalized spacial score (nSPS) is 11.9. The summed E-state index contributed by atoms with van der Waals surface area (Å²) < 4.78 is 0. The largest absolute Gasteiger partial charge is 0.340 e. The summed E-state index contributed by atoms with van der Waals surface area (Å²) in [5.74, 6) is -0.0484. The second-order valence-corrected chi connectivity index (χ2v) is 6.68. The van der Waals surface area contributed by atoms with Crippen LogP contribution in [0, 0.1) is 13.8 Å². The zero-order chi connectivity index (χ0) is 16.2. The first-order valence-electron chi connectivity index (χ1n) is 7.61. The Bertz CT molecular complexity index is 791. The van der Waals surface area contributed by atoms with Crippen LogP contribution in [0.3, 0.4) is 0 Å². The first-order chi connectivity index (χ1) is 11.1. The third-order valence-corrected chi connectivity index (χ3v) is 4.73. The van der Waals surface area contributed by atoms with Crippen molar-refractivity contribution in [2.24, 2.45) is 0 Å². The van der Waals surface area contributed by atoms with E-state index in [2.05, 4.69) is 42.6 Å². The van der Waals surface area contributed by atoms with Gasteiger partial charge in [-0.2, -0.15) is 0 Å². The quantitative estimate of drug-likeness (QED) is 0.728. The van der Waals surface area contributed by atoms with E-state index >= 15 is 0 Å². The molecule has 0 radical (unpaired) electrons. The molecule has 0 unspecified atom stereocenters. The number of thiophene rings is 1. The van der Waals surface area contributed by atoms with Gasteiger partial charge in [0.1, 0.15) is 0 Å². The maximum atomic E-state index is 12.6. The molecule has 0 aliphatic rings. The molecule has 23 heavy (non-hydrogen) atoms. The van der Waals surface area contributed by atoms with Gasteiger partial charge in [0.05, 0.1) is 6.04 Å². The Morgan fingerprint density at radius 3 is 2.39 bits per heavy atom. The molecule has 0 saturated heterocycles. The van der Waals surface area contributed by atoms with Crippen molar-refractivity contribution in [1.82, 2.24) is 5.32 Å². The molecule has 1 N–H and O–H groups in total. The molecule has 1 atom stereocenters. The Morgan fingerprint density at radius 1 is 0.957 bits per heavy atom. The van der Waals surface area contributed by atoms with Gasteiger partial charge >= 0.3 is 0 Å². The van der Waals surface area contributed by atoms with Crippen molar-refractivity contribution in [1.29, 1.82) is 0 Å². The van der Waals surface area contributed by atoms with Gasteiger partial charge in [-0.3, -0.25) is 4.79 Å². The second-order valence-electron chi connectivity index (χ2n) is 5.70. The third-order valence-electron chi connectivity index (χ3n) is 3.79. The predicted octanol–water partition coefficient (Wildman–Crippen LogP) is 4.88. The minimum Gasteiger partial charge on any atom is -0.340 e. The van der Waals surface area contributed by atoms with Gasteiger partial charge in [-0.25, -0.2) is 0 Å². The van der Waals surface area contributed by atoms with Gasteiger partial charge in [0.15, 0.2) is 0 Å². The number of nitrogens with one attached hydrogen (secondary N) is 1. The van der Waals surface area contributed by atoms with Crippen LogP contribution < -0.4 is 5.32 Å². The van der Waals surface area contributed by atoms with Gasteiger partial charge in [-0.15, -0.1) is 11.3 Å². The van der Waals surface area contributed by atoms with Crippen LogP contribution in [0.15, 0.2) is 66.0 Å². The van der Waals surface area contributed by atoms with Gasteiger partial charge in [0, 0.05) is 10.4 Å². The first-order valence-corrected chi connectivity index (χ1v) is 8.49. The molecular weight excluding hydrogens is 302 g/mol. The number of hydrogen-bond acceptors (Lipinski definition) is 2. The summed E-state index contributed by atoms with van der Waals surface area (Å²) in [4.78, 5) is 13.8. The molecule has 3 aromatic rings. The fraction of sp³-hybridized carbons (Fsp3) is 0.150. The maximum Gasteiger partial charge on any atom is 0.252 e. The zero-order valence-electron chi connectivity index (χ0n) is 13.2. The van der Waals surface area contributed by atoms with Crippen LogP contribution in [0.4, 0.5) is 0 Å². The highest BCUT2D eigenvalue weighted by Gasteiger charge is 2.18. The van der Waals surface area contributed by atoms with Gasteiger partial charge < -0.3 is 5.32 Å². The summed E-state index contributed by atoms with van der Waals surface area (Å²) in [7, 11) is 0. The maximum absolute atomic E-state index is 12.6. The lowest BCUT2D eigenvalue weighted by atomic mass is 10.0. The van der Waals surface area contributed by atoms with E-state index in [4.69, 9.17) is 0 Å². The van der Waals surface area contributed by atoms with Gasteiger partial charge in [-0.1, -0.05) is 53.6 Å². The van der Waals surface area contributed by atoms with Gasteiger partial charge in [0.2, 0.25) is 0 Å². The minimum atomic E-state index is -0.122. The molecule has 0 fully saturated rings. The van der Waals surface area contributed by atoms with E-state index in [1.54, 1.807) is 11.3 Å². The number of aryl methyl sites for hydroxylation is 2. The summed E-state index contributed by atoms with van der Waals surface area (Å²) in [5, 5.41) is 5.21. The number of amides is 1. The smallest absolute Gasteiger partial charge is 0.252 e. The molecule has 0 spiro atoms. The summed E-state index contributed by atoms with van der Waals surface area (Å²) in [6.45, 7) is 4.06. The lowest BCUT2D eigenvalue weighted by Gasteiger charge is -2.18. The molecule has 3 heteroatoms. The molecule has 1 aromatic heterocycles.